The molecule has 10 heavy (non-hydrogen) atoms. The molecule has 60 valence electrons. The van der Waals surface area contributed by atoms with Gasteiger partial charge in [-0.15, -0.1) is 0 Å². The zero-order chi connectivity index (χ0) is 7.40. The minimum atomic E-state index is 0.202. The van der Waals surface area contributed by atoms with Crippen molar-refractivity contribution < 1.29 is 9.47 Å². The summed E-state index contributed by atoms with van der Waals surface area (Å²) in [6.07, 6.45) is 0.437. The number of hydrogen-bond donors (Lipinski definition) is 1. The van der Waals surface area contributed by atoms with Crippen molar-refractivity contribution in [2.75, 3.05) is 26.8 Å². The van der Waals surface area contributed by atoms with Gasteiger partial charge in [0.2, 0.25) is 0 Å². The van der Waals surface area contributed by atoms with Crippen LogP contribution in [-0.2, 0) is 9.47 Å². The van der Waals surface area contributed by atoms with E-state index in [4.69, 9.17) is 9.47 Å². The van der Waals surface area contributed by atoms with Crippen molar-refractivity contribution in [1.29, 1.82) is 0 Å². The molecule has 0 aliphatic carbocycles. The maximum absolute atomic E-state index is 5.44. The lowest BCUT2D eigenvalue weighted by Crippen LogP contribution is -2.44. The van der Waals surface area contributed by atoms with Gasteiger partial charge < -0.3 is 14.8 Å². The monoisotopic (exact) mass is 145 g/mol. The average molecular weight is 145 g/mol. The van der Waals surface area contributed by atoms with Gasteiger partial charge in [0.05, 0.1) is 18.8 Å². The Kier molecular flexibility index (Phi) is 3.12. The third-order valence-corrected chi connectivity index (χ3v) is 1.85. The van der Waals surface area contributed by atoms with Crippen molar-refractivity contribution in [3.05, 3.63) is 0 Å². The molecule has 1 heterocycles. The third kappa shape index (κ3) is 1.94. The van der Waals surface area contributed by atoms with Gasteiger partial charge in [0, 0.05) is 20.2 Å². The first-order valence-corrected chi connectivity index (χ1v) is 3.69. The van der Waals surface area contributed by atoms with Crippen LogP contribution in [0, 0.1) is 0 Å². The van der Waals surface area contributed by atoms with Crippen molar-refractivity contribution in [2.45, 2.75) is 19.1 Å². The fourth-order valence-corrected chi connectivity index (χ4v) is 1.04. The van der Waals surface area contributed by atoms with Crippen LogP contribution in [0.3, 0.4) is 0 Å². The van der Waals surface area contributed by atoms with Crippen LogP contribution in [0.25, 0.3) is 0 Å². The normalized spacial score (nSPS) is 30.0. The molecule has 3 heteroatoms. The second kappa shape index (κ2) is 3.91. The molecule has 0 bridgehead atoms. The minimum absolute atomic E-state index is 0.202. The maximum atomic E-state index is 5.44. The smallest absolute Gasteiger partial charge is 0.0958 e. The van der Waals surface area contributed by atoms with E-state index >= 15 is 0 Å². The Bertz CT molecular complexity index is 91.6. The first-order valence-electron chi connectivity index (χ1n) is 3.69. The summed E-state index contributed by atoms with van der Waals surface area (Å²) in [5, 5.41) is 3.25. The molecular formula is C7H15NO2. The largest absolute Gasteiger partial charge is 0.379 e. The predicted octanol–water partition coefficient (Wildman–Crippen LogP) is 0.00970. The molecule has 1 N–H and O–H groups in total. The average Bonchev–Trinajstić information content (AvgIpc) is 2.05. The molecular weight excluding hydrogens is 130 g/mol. The van der Waals surface area contributed by atoms with E-state index in [2.05, 4.69) is 5.32 Å². The Labute approximate surface area is 61.7 Å². The molecule has 2 unspecified atom stereocenters. The molecule has 0 aromatic carbocycles. The van der Waals surface area contributed by atoms with Gasteiger partial charge in [0.1, 0.15) is 0 Å². The van der Waals surface area contributed by atoms with Gasteiger partial charge in [-0.3, -0.25) is 0 Å². The van der Waals surface area contributed by atoms with Gasteiger partial charge >= 0.3 is 0 Å². The van der Waals surface area contributed by atoms with E-state index in [1.165, 1.54) is 0 Å². The van der Waals surface area contributed by atoms with Crippen molar-refractivity contribution in [1.82, 2.24) is 5.32 Å². The molecule has 0 amide bonds. The van der Waals surface area contributed by atoms with E-state index in [1.807, 2.05) is 6.92 Å². The molecule has 0 radical (unpaired) electrons. The number of rotatable bonds is 2. The summed E-state index contributed by atoms with van der Waals surface area (Å²) in [7, 11) is 1.71. The van der Waals surface area contributed by atoms with Gasteiger partial charge in [0.25, 0.3) is 0 Å². The van der Waals surface area contributed by atoms with Crippen molar-refractivity contribution >= 4 is 0 Å². The van der Waals surface area contributed by atoms with Crippen molar-refractivity contribution in [3.63, 3.8) is 0 Å². The number of hydrogen-bond acceptors (Lipinski definition) is 3. The molecule has 3 nitrogen and oxygen atoms in total. The van der Waals surface area contributed by atoms with Crippen molar-refractivity contribution in [2.24, 2.45) is 0 Å². The van der Waals surface area contributed by atoms with E-state index in [0.717, 1.165) is 19.7 Å². The highest BCUT2D eigenvalue weighted by atomic mass is 16.5. The molecule has 0 spiro atoms. The highest BCUT2D eigenvalue weighted by Gasteiger charge is 2.19. The summed E-state index contributed by atoms with van der Waals surface area (Å²) in [5.74, 6) is 0. The summed E-state index contributed by atoms with van der Waals surface area (Å²) in [6.45, 7) is 4.71. The number of methoxy groups -OCH3 is 1. The standard InChI is InChI=1S/C7H15NO2/c1-6(9-2)7-5-8-3-4-10-7/h6-8H,3-5H2,1-2H3. The SMILES string of the molecule is COC(C)C1CNCCO1. The maximum Gasteiger partial charge on any atom is 0.0958 e. The Morgan fingerprint density at radius 3 is 3.00 bits per heavy atom. The van der Waals surface area contributed by atoms with Crippen LogP contribution < -0.4 is 5.32 Å². The predicted molar refractivity (Wildman–Crippen MR) is 39.1 cm³/mol. The lowest BCUT2D eigenvalue weighted by atomic mass is 10.2. The molecule has 2 atom stereocenters. The summed E-state index contributed by atoms with van der Waals surface area (Å²) in [6, 6.07) is 0. The fourth-order valence-electron chi connectivity index (χ4n) is 1.04. The lowest BCUT2D eigenvalue weighted by Gasteiger charge is -2.27. The van der Waals surface area contributed by atoms with Crippen LogP contribution in [0.1, 0.15) is 6.92 Å². The molecule has 1 fully saturated rings. The van der Waals surface area contributed by atoms with Crippen LogP contribution in [0.15, 0.2) is 0 Å². The van der Waals surface area contributed by atoms with E-state index in [1.54, 1.807) is 7.11 Å². The second-order valence-corrected chi connectivity index (χ2v) is 2.55. The highest BCUT2D eigenvalue weighted by Crippen LogP contribution is 2.03. The molecule has 1 saturated heterocycles. The second-order valence-electron chi connectivity index (χ2n) is 2.55. The lowest BCUT2D eigenvalue weighted by molar-refractivity contribution is -0.0610. The van der Waals surface area contributed by atoms with Crippen LogP contribution >= 0.6 is 0 Å². The van der Waals surface area contributed by atoms with Gasteiger partial charge in [-0.25, -0.2) is 0 Å². The Morgan fingerprint density at radius 1 is 1.70 bits per heavy atom. The summed E-state index contributed by atoms with van der Waals surface area (Å²) in [4.78, 5) is 0. The van der Waals surface area contributed by atoms with Crippen LogP contribution in [0.4, 0.5) is 0 Å². The quantitative estimate of drug-likeness (QED) is 0.593. The molecule has 1 rings (SSSR count). The van der Waals surface area contributed by atoms with Crippen LogP contribution in [0.5, 0.6) is 0 Å². The number of morpholine rings is 1. The van der Waals surface area contributed by atoms with Gasteiger partial charge in [0.15, 0.2) is 0 Å². The first-order chi connectivity index (χ1) is 4.84. The van der Waals surface area contributed by atoms with Gasteiger partial charge in [-0.05, 0) is 6.92 Å². The Balaban J connectivity index is 2.24. The first kappa shape index (κ1) is 7.98. The third-order valence-electron chi connectivity index (χ3n) is 1.85. The Hall–Kier alpha value is -0.120. The van der Waals surface area contributed by atoms with E-state index < -0.39 is 0 Å². The molecule has 1 aliphatic heterocycles. The van der Waals surface area contributed by atoms with Gasteiger partial charge in [-0.2, -0.15) is 0 Å². The minimum Gasteiger partial charge on any atom is -0.379 e. The van der Waals surface area contributed by atoms with E-state index in [0.29, 0.717) is 0 Å². The summed E-state index contributed by atoms with van der Waals surface area (Å²) in [5.41, 5.74) is 0. The zero-order valence-electron chi connectivity index (χ0n) is 6.59. The van der Waals surface area contributed by atoms with E-state index in [9.17, 15) is 0 Å². The highest BCUT2D eigenvalue weighted by molar-refractivity contribution is 4.72. The Morgan fingerprint density at radius 2 is 2.50 bits per heavy atom. The summed E-state index contributed by atoms with van der Waals surface area (Å²) >= 11 is 0. The van der Waals surface area contributed by atoms with Crippen LogP contribution in [-0.4, -0.2) is 39.0 Å². The molecule has 1 aliphatic rings. The number of ether oxygens (including phenoxy) is 2. The topological polar surface area (TPSA) is 30.5 Å². The number of nitrogens with one attached hydrogen (secondary N) is 1. The fraction of sp³-hybridized carbons (Fsp3) is 1.00. The van der Waals surface area contributed by atoms with Crippen LogP contribution in [0.2, 0.25) is 0 Å². The van der Waals surface area contributed by atoms with Gasteiger partial charge in [-0.1, -0.05) is 0 Å². The molecule has 0 aromatic rings. The molecule has 0 saturated carbocycles. The summed E-state index contributed by atoms with van der Waals surface area (Å²) < 4.78 is 10.6. The zero-order valence-corrected chi connectivity index (χ0v) is 6.59. The van der Waals surface area contributed by atoms with E-state index in [-0.39, 0.29) is 12.2 Å². The molecule has 0 aromatic heterocycles. The van der Waals surface area contributed by atoms with Crippen molar-refractivity contribution in [3.8, 4) is 0 Å².